The van der Waals surface area contributed by atoms with Gasteiger partial charge in [-0.15, -0.1) is 0 Å². The number of nitrogens with one attached hydrogen (secondary N) is 1. The highest BCUT2D eigenvalue weighted by Crippen LogP contribution is 2.33. The molecule has 0 bridgehead atoms. The Balaban J connectivity index is 0.000000397. The van der Waals surface area contributed by atoms with Crippen molar-refractivity contribution in [1.29, 1.82) is 0 Å². The third-order valence-electron chi connectivity index (χ3n) is 9.05. The van der Waals surface area contributed by atoms with Gasteiger partial charge >= 0.3 is 0 Å². The van der Waals surface area contributed by atoms with Crippen LogP contribution in [0.2, 0.25) is 0 Å². The minimum absolute atomic E-state index is 0.0266. The quantitative estimate of drug-likeness (QED) is 0.324. The van der Waals surface area contributed by atoms with E-state index in [1.165, 1.54) is 50.8 Å². The second-order valence-corrected chi connectivity index (χ2v) is 11.8. The monoisotopic (exact) mass is 566 g/mol. The van der Waals surface area contributed by atoms with E-state index in [4.69, 9.17) is 9.84 Å². The van der Waals surface area contributed by atoms with Gasteiger partial charge in [0.15, 0.2) is 0 Å². The molecule has 3 aromatic carbocycles. The van der Waals surface area contributed by atoms with Crippen molar-refractivity contribution in [2.24, 2.45) is 0 Å². The summed E-state index contributed by atoms with van der Waals surface area (Å²) in [6.07, 6.45) is 10.1. The maximum atomic E-state index is 13.3. The fourth-order valence-electron chi connectivity index (χ4n) is 6.18. The standard InChI is InChI=1S/C30H31N3O2.C5H11NO/c34-30-28-19-27(35-20-22-5-2-1-3-6-22)13-14-29(28)31-21-33(30)26-11-9-23(10-12-26)24-15-17-32(18-16-24)25-7-4-8-25;7-5-1-3-6-4-2-5/h1-3,5-6,9-14,19,21,24-25H,4,7-8,15-18,20H2;5-7H,1-4H2. The molecule has 3 aliphatic rings. The lowest BCUT2D eigenvalue weighted by atomic mass is 9.85. The summed E-state index contributed by atoms with van der Waals surface area (Å²) in [4.78, 5) is 20.6. The number of aliphatic hydroxyl groups excluding tert-OH is 1. The van der Waals surface area contributed by atoms with Crippen molar-refractivity contribution in [3.05, 3.63) is 101 Å². The number of fused-ring (bicyclic) bond motifs is 1. The molecule has 7 nitrogen and oxygen atoms in total. The summed E-state index contributed by atoms with van der Waals surface area (Å²) in [5.41, 5.74) is 3.90. The first kappa shape index (κ1) is 28.6. The highest BCUT2D eigenvalue weighted by molar-refractivity contribution is 5.79. The molecule has 220 valence electrons. The predicted molar refractivity (Wildman–Crippen MR) is 167 cm³/mol. The summed E-state index contributed by atoms with van der Waals surface area (Å²) in [7, 11) is 0. The van der Waals surface area contributed by atoms with Crippen LogP contribution in [-0.2, 0) is 6.61 Å². The Bertz CT molecular complexity index is 1490. The lowest BCUT2D eigenvalue weighted by Gasteiger charge is -2.42. The molecule has 2 saturated heterocycles. The Morgan fingerprint density at radius 2 is 1.62 bits per heavy atom. The van der Waals surface area contributed by atoms with Gasteiger partial charge in [0.2, 0.25) is 0 Å². The summed E-state index contributed by atoms with van der Waals surface area (Å²) < 4.78 is 7.57. The van der Waals surface area contributed by atoms with E-state index in [1.54, 1.807) is 17.0 Å². The summed E-state index contributed by atoms with van der Waals surface area (Å²) in [5.74, 6) is 1.28. The van der Waals surface area contributed by atoms with Gasteiger partial charge in [0.25, 0.3) is 5.56 Å². The highest BCUT2D eigenvalue weighted by Gasteiger charge is 2.29. The molecule has 7 heteroatoms. The number of benzene rings is 3. The van der Waals surface area contributed by atoms with Gasteiger partial charge in [-0.1, -0.05) is 48.9 Å². The maximum absolute atomic E-state index is 13.3. The van der Waals surface area contributed by atoms with Crippen LogP contribution in [0.4, 0.5) is 0 Å². The Morgan fingerprint density at radius 1 is 0.881 bits per heavy atom. The van der Waals surface area contributed by atoms with E-state index in [0.717, 1.165) is 43.2 Å². The van der Waals surface area contributed by atoms with E-state index in [9.17, 15) is 4.79 Å². The summed E-state index contributed by atoms with van der Waals surface area (Å²) in [5, 5.41) is 12.6. The van der Waals surface area contributed by atoms with Gasteiger partial charge in [-0.3, -0.25) is 9.36 Å². The number of aliphatic hydroxyl groups is 1. The average Bonchev–Trinajstić information content (AvgIpc) is 3.01. The van der Waals surface area contributed by atoms with Crippen molar-refractivity contribution in [2.75, 3.05) is 26.2 Å². The number of hydrogen-bond donors (Lipinski definition) is 2. The second kappa shape index (κ2) is 13.6. The number of hydrogen-bond acceptors (Lipinski definition) is 6. The number of rotatable bonds is 6. The molecule has 2 N–H and O–H groups in total. The van der Waals surface area contributed by atoms with E-state index in [0.29, 0.717) is 29.2 Å². The molecular formula is C35H42N4O3. The molecule has 7 rings (SSSR count). The van der Waals surface area contributed by atoms with Crippen LogP contribution in [-0.4, -0.2) is 57.9 Å². The number of ether oxygens (including phenoxy) is 1. The second-order valence-electron chi connectivity index (χ2n) is 11.8. The number of piperidine rings is 2. The van der Waals surface area contributed by atoms with Gasteiger partial charge < -0.3 is 20.1 Å². The van der Waals surface area contributed by atoms with Crippen LogP contribution >= 0.6 is 0 Å². The fourth-order valence-corrected chi connectivity index (χ4v) is 6.18. The van der Waals surface area contributed by atoms with Crippen molar-refractivity contribution in [3.63, 3.8) is 0 Å². The van der Waals surface area contributed by atoms with Crippen LogP contribution < -0.4 is 15.6 Å². The summed E-state index contributed by atoms with van der Waals surface area (Å²) in [6.45, 7) is 4.85. The van der Waals surface area contributed by atoms with Gasteiger partial charge in [0, 0.05) is 6.04 Å². The molecule has 42 heavy (non-hydrogen) atoms. The molecule has 3 heterocycles. The third-order valence-corrected chi connectivity index (χ3v) is 9.05. The highest BCUT2D eigenvalue weighted by atomic mass is 16.5. The van der Waals surface area contributed by atoms with E-state index in [1.807, 2.05) is 42.5 Å². The Hall–Kier alpha value is -3.52. The van der Waals surface area contributed by atoms with Crippen LogP contribution in [0.1, 0.15) is 62.0 Å². The van der Waals surface area contributed by atoms with Crippen LogP contribution in [0.5, 0.6) is 5.75 Å². The minimum Gasteiger partial charge on any atom is -0.489 e. The Labute approximate surface area is 248 Å². The molecule has 1 aromatic heterocycles. The molecule has 0 amide bonds. The van der Waals surface area contributed by atoms with Gasteiger partial charge in [0.05, 0.1) is 22.7 Å². The van der Waals surface area contributed by atoms with Gasteiger partial charge in [-0.05, 0) is 112 Å². The van der Waals surface area contributed by atoms with Gasteiger partial charge in [-0.25, -0.2) is 4.98 Å². The van der Waals surface area contributed by atoms with Crippen LogP contribution in [0.15, 0.2) is 83.9 Å². The van der Waals surface area contributed by atoms with Crippen molar-refractivity contribution in [2.45, 2.75) is 69.6 Å². The minimum atomic E-state index is -0.0817. The van der Waals surface area contributed by atoms with Crippen molar-refractivity contribution >= 4 is 10.9 Å². The van der Waals surface area contributed by atoms with Crippen LogP contribution in [0.3, 0.4) is 0 Å². The maximum Gasteiger partial charge on any atom is 0.265 e. The number of likely N-dealkylation sites (tertiary alicyclic amines) is 1. The zero-order valence-electron chi connectivity index (χ0n) is 24.3. The largest absolute Gasteiger partial charge is 0.489 e. The summed E-state index contributed by atoms with van der Waals surface area (Å²) >= 11 is 0. The molecule has 0 radical (unpaired) electrons. The third kappa shape index (κ3) is 6.92. The lowest BCUT2D eigenvalue weighted by Crippen LogP contribution is -2.44. The first-order chi connectivity index (χ1) is 20.6. The first-order valence-corrected chi connectivity index (χ1v) is 15.6. The van der Waals surface area contributed by atoms with Crippen LogP contribution in [0.25, 0.3) is 16.6 Å². The number of aromatic nitrogens is 2. The van der Waals surface area contributed by atoms with E-state index in [2.05, 4.69) is 39.5 Å². The predicted octanol–water partition coefficient (Wildman–Crippen LogP) is 5.43. The fraction of sp³-hybridized carbons (Fsp3) is 0.429. The Morgan fingerprint density at radius 3 is 2.26 bits per heavy atom. The molecule has 1 aliphatic carbocycles. The smallest absolute Gasteiger partial charge is 0.265 e. The normalized spacial score (nSPS) is 18.7. The molecule has 3 fully saturated rings. The van der Waals surface area contributed by atoms with Crippen molar-refractivity contribution in [3.8, 4) is 11.4 Å². The Kier molecular flexibility index (Phi) is 9.28. The van der Waals surface area contributed by atoms with Crippen molar-refractivity contribution < 1.29 is 9.84 Å². The molecular weight excluding hydrogens is 524 g/mol. The molecule has 0 atom stereocenters. The molecule has 2 aliphatic heterocycles. The van der Waals surface area contributed by atoms with E-state index in [-0.39, 0.29) is 11.7 Å². The van der Waals surface area contributed by atoms with Crippen LogP contribution in [0, 0.1) is 0 Å². The molecule has 0 unspecified atom stereocenters. The SMILES string of the molecule is O=c1c2cc(OCc3ccccc3)ccc2ncn1-c1ccc(C2CCN(C3CCC3)CC2)cc1.OC1CCNCC1. The molecule has 1 saturated carbocycles. The van der Waals surface area contributed by atoms with Gasteiger partial charge in [0.1, 0.15) is 18.7 Å². The zero-order chi connectivity index (χ0) is 28.7. The van der Waals surface area contributed by atoms with Crippen molar-refractivity contribution in [1.82, 2.24) is 19.8 Å². The first-order valence-electron chi connectivity index (χ1n) is 15.6. The van der Waals surface area contributed by atoms with Gasteiger partial charge in [-0.2, -0.15) is 0 Å². The zero-order valence-corrected chi connectivity index (χ0v) is 24.3. The molecule has 4 aromatic rings. The summed E-state index contributed by atoms with van der Waals surface area (Å²) in [6, 6.07) is 24.9. The number of nitrogens with zero attached hydrogens (tertiary/aromatic N) is 3. The topological polar surface area (TPSA) is 79.6 Å². The van der Waals surface area contributed by atoms with E-state index >= 15 is 0 Å². The average molecular weight is 567 g/mol. The van der Waals surface area contributed by atoms with E-state index < -0.39 is 0 Å². The molecule has 0 spiro atoms. The lowest BCUT2D eigenvalue weighted by molar-refractivity contribution is 0.0975.